The molecule has 1 aromatic carbocycles. The molecular formula is C15H23FN2O. The van der Waals surface area contributed by atoms with E-state index in [0.717, 1.165) is 31.5 Å². The Bertz CT molecular complexity index is 386. The lowest BCUT2D eigenvalue weighted by atomic mass is 9.90. The van der Waals surface area contributed by atoms with Crippen LogP contribution in [-0.2, 0) is 0 Å². The summed E-state index contributed by atoms with van der Waals surface area (Å²) in [6.07, 6.45) is 1.76. The molecule has 2 unspecified atom stereocenters. The third-order valence-electron chi connectivity index (χ3n) is 4.18. The SMILES string of the molecule is CC(O)C1CCN(C(CN)c2ccc(F)cc2)CC1. The second-order valence-electron chi connectivity index (χ2n) is 5.42. The van der Waals surface area contributed by atoms with Crippen LogP contribution in [0.5, 0.6) is 0 Å². The van der Waals surface area contributed by atoms with Crippen molar-refractivity contribution in [3.05, 3.63) is 35.6 Å². The lowest BCUT2D eigenvalue weighted by molar-refractivity contribution is 0.0568. The van der Waals surface area contributed by atoms with E-state index in [1.165, 1.54) is 12.1 Å². The minimum absolute atomic E-state index is 0.149. The maximum Gasteiger partial charge on any atom is 0.123 e. The molecule has 0 radical (unpaired) electrons. The van der Waals surface area contributed by atoms with Crippen LogP contribution >= 0.6 is 0 Å². The fourth-order valence-electron chi connectivity index (χ4n) is 2.89. The summed E-state index contributed by atoms with van der Waals surface area (Å²) in [6.45, 7) is 4.27. The molecule has 3 N–H and O–H groups in total. The maximum absolute atomic E-state index is 13.0. The van der Waals surface area contributed by atoms with Crippen LogP contribution in [0.3, 0.4) is 0 Å². The Morgan fingerprint density at radius 3 is 2.37 bits per heavy atom. The molecule has 1 aliphatic heterocycles. The fourth-order valence-corrected chi connectivity index (χ4v) is 2.89. The minimum Gasteiger partial charge on any atom is -0.393 e. The highest BCUT2D eigenvalue weighted by atomic mass is 19.1. The van der Waals surface area contributed by atoms with Crippen LogP contribution in [0.4, 0.5) is 4.39 Å². The highest BCUT2D eigenvalue weighted by molar-refractivity contribution is 5.20. The first kappa shape index (κ1) is 14.4. The maximum atomic E-state index is 13.0. The van der Waals surface area contributed by atoms with Gasteiger partial charge in [0, 0.05) is 12.6 Å². The van der Waals surface area contributed by atoms with Crippen LogP contribution < -0.4 is 5.73 Å². The van der Waals surface area contributed by atoms with Gasteiger partial charge in [0.2, 0.25) is 0 Å². The predicted molar refractivity (Wildman–Crippen MR) is 74.2 cm³/mol. The number of aliphatic hydroxyl groups is 1. The quantitative estimate of drug-likeness (QED) is 0.875. The van der Waals surface area contributed by atoms with E-state index in [2.05, 4.69) is 4.90 Å². The summed E-state index contributed by atoms with van der Waals surface area (Å²) in [7, 11) is 0. The van der Waals surface area contributed by atoms with Gasteiger partial charge in [0.05, 0.1) is 6.10 Å². The molecule has 0 saturated carbocycles. The van der Waals surface area contributed by atoms with Gasteiger partial charge in [-0.25, -0.2) is 4.39 Å². The van der Waals surface area contributed by atoms with Crippen molar-refractivity contribution in [1.82, 2.24) is 4.90 Å². The van der Waals surface area contributed by atoms with Crippen molar-refractivity contribution in [2.45, 2.75) is 31.9 Å². The fraction of sp³-hybridized carbons (Fsp3) is 0.600. The molecule has 0 bridgehead atoms. The number of nitrogens with two attached hydrogens (primary N) is 1. The van der Waals surface area contributed by atoms with Crippen molar-refractivity contribution in [2.24, 2.45) is 11.7 Å². The highest BCUT2D eigenvalue weighted by Crippen LogP contribution is 2.27. The summed E-state index contributed by atoms with van der Waals surface area (Å²) in [5, 5.41) is 9.62. The van der Waals surface area contributed by atoms with Crippen molar-refractivity contribution in [1.29, 1.82) is 0 Å². The van der Waals surface area contributed by atoms with E-state index < -0.39 is 0 Å². The van der Waals surface area contributed by atoms with Crippen molar-refractivity contribution >= 4 is 0 Å². The van der Waals surface area contributed by atoms with Crippen LogP contribution in [0.2, 0.25) is 0 Å². The highest BCUT2D eigenvalue weighted by Gasteiger charge is 2.27. The summed E-state index contributed by atoms with van der Waals surface area (Å²) in [4.78, 5) is 2.34. The number of likely N-dealkylation sites (tertiary alicyclic amines) is 1. The smallest absolute Gasteiger partial charge is 0.123 e. The number of benzene rings is 1. The van der Waals surface area contributed by atoms with Crippen LogP contribution in [0, 0.1) is 11.7 Å². The second kappa shape index (κ2) is 6.46. The zero-order chi connectivity index (χ0) is 13.8. The Labute approximate surface area is 114 Å². The molecule has 2 rings (SSSR count). The third-order valence-corrected chi connectivity index (χ3v) is 4.18. The number of nitrogens with zero attached hydrogens (tertiary/aromatic N) is 1. The Kier molecular flexibility index (Phi) is 4.91. The molecule has 1 fully saturated rings. The predicted octanol–water partition coefficient (Wildman–Crippen LogP) is 1.92. The van der Waals surface area contributed by atoms with Gasteiger partial charge in [0.15, 0.2) is 0 Å². The van der Waals surface area contributed by atoms with Gasteiger partial charge in [0.1, 0.15) is 5.82 Å². The molecule has 0 aromatic heterocycles. The minimum atomic E-state index is -0.232. The van der Waals surface area contributed by atoms with E-state index in [0.29, 0.717) is 12.5 Å². The van der Waals surface area contributed by atoms with Crippen LogP contribution in [0.15, 0.2) is 24.3 Å². The van der Waals surface area contributed by atoms with E-state index in [9.17, 15) is 9.50 Å². The summed E-state index contributed by atoms with van der Waals surface area (Å²) in [5.74, 6) is 0.176. The Morgan fingerprint density at radius 1 is 1.32 bits per heavy atom. The van der Waals surface area contributed by atoms with Crippen molar-refractivity contribution < 1.29 is 9.50 Å². The lowest BCUT2D eigenvalue weighted by Gasteiger charge is -2.38. The second-order valence-corrected chi connectivity index (χ2v) is 5.42. The molecule has 19 heavy (non-hydrogen) atoms. The lowest BCUT2D eigenvalue weighted by Crippen LogP contribution is -2.41. The summed E-state index contributed by atoms with van der Waals surface area (Å²) < 4.78 is 13.0. The largest absolute Gasteiger partial charge is 0.393 e. The number of hydrogen-bond donors (Lipinski definition) is 2. The van der Waals surface area contributed by atoms with Gasteiger partial charge >= 0.3 is 0 Å². The Morgan fingerprint density at radius 2 is 1.89 bits per heavy atom. The molecular weight excluding hydrogens is 243 g/mol. The van der Waals surface area contributed by atoms with Crippen molar-refractivity contribution in [2.75, 3.05) is 19.6 Å². The number of halogens is 1. The van der Waals surface area contributed by atoms with Crippen LogP contribution in [0.1, 0.15) is 31.4 Å². The molecule has 1 heterocycles. The van der Waals surface area contributed by atoms with Crippen LogP contribution in [0.25, 0.3) is 0 Å². The zero-order valence-electron chi connectivity index (χ0n) is 11.4. The van der Waals surface area contributed by atoms with Gasteiger partial charge in [-0.3, -0.25) is 4.90 Å². The van der Waals surface area contributed by atoms with E-state index in [-0.39, 0.29) is 18.0 Å². The molecule has 0 spiro atoms. The molecule has 106 valence electrons. The topological polar surface area (TPSA) is 49.5 Å². The van der Waals surface area contributed by atoms with Crippen LogP contribution in [-0.4, -0.2) is 35.7 Å². The zero-order valence-corrected chi connectivity index (χ0v) is 11.4. The molecule has 1 saturated heterocycles. The average molecular weight is 266 g/mol. The van der Waals surface area contributed by atoms with Gasteiger partial charge in [-0.2, -0.15) is 0 Å². The summed E-state index contributed by atoms with van der Waals surface area (Å²) in [6, 6.07) is 6.75. The number of rotatable bonds is 4. The van der Waals surface area contributed by atoms with Crippen molar-refractivity contribution in [3.63, 3.8) is 0 Å². The number of aliphatic hydroxyl groups excluding tert-OH is 1. The molecule has 3 nitrogen and oxygen atoms in total. The van der Waals surface area contributed by atoms with Gasteiger partial charge in [0.25, 0.3) is 0 Å². The van der Waals surface area contributed by atoms with Crippen molar-refractivity contribution in [3.8, 4) is 0 Å². The van der Waals surface area contributed by atoms with Gasteiger partial charge < -0.3 is 10.8 Å². The molecule has 1 aromatic rings. The molecule has 0 aliphatic carbocycles. The Hall–Kier alpha value is -0.970. The van der Waals surface area contributed by atoms with Gasteiger partial charge in [-0.05, 0) is 56.5 Å². The first-order chi connectivity index (χ1) is 9.11. The monoisotopic (exact) mass is 266 g/mol. The molecule has 0 amide bonds. The van der Waals surface area contributed by atoms with Gasteiger partial charge in [-0.1, -0.05) is 12.1 Å². The Balaban J connectivity index is 2.01. The van der Waals surface area contributed by atoms with E-state index in [1.807, 2.05) is 19.1 Å². The number of piperidine rings is 1. The number of hydrogen-bond acceptors (Lipinski definition) is 3. The van der Waals surface area contributed by atoms with Gasteiger partial charge in [-0.15, -0.1) is 0 Å². The molecule has 4 heteroatoms. The average Bonchev–Trinajstić information content (AvgIpc) is 2.42. The van der Waals surface area contributed by atoms with E-state index in [1.54, 1.807) is 0 Å². The normalized spacial score (nSPS) is 21.3. The molecule has 1 aliphatic rings. The van der Waals surface area contributed by atoms with E-state index in [4.69, 9.17) is 5.73 Å². The first-order valence-corrected chi connectivity index (χ1v) is 6.99. The first-order valence-electron chi connectivity index (χ1n) is 6.99. The third kappa shape index (κ3) is 3.53. The standard InChI is InChI=1S/C15H23FN2O/c1-11(19)12-6-8-18(9-7-12)15(10-17)13-2-4-14(16)5-3-13/h2-5,11-12,15,19H,6-10,17H2,1H3. The summed E-state index contributed by atoms with van der Waals surface area (Å²) >= 11 is 0. The molecule has 2 atom stereocenters. The van der Waals surface area contributed by atoms with E-state index >= 15 is 0 Å². The summed E-state index contributed by atoms with van der Waals surface area (Å²) in [5.41, 5.74) is 6.95.